The number of aromatic nitrogens is 3. The van der Waals surface area contributed by atoms with Gasteiger partial charge in [-0.1, -0.05) is 17.7 Å². The predicted molar refractivity (Wildman–Crippen MR) is 67.2 cm³/mol. The van der Waals surface area contributed by atoms with E-state index in [1.54, 1.807) is 13.0 Å². The van der Waals surface area contributed by atoms with E-state index in [-0.39, 0.29) is 6.42 Å². The number of hydrogen-bond donors (Lipinski definition) is 1. The summed E-state index contributed by atoms with van der Waals surface area (Å²) in [5.41, 5.74) is 1.67. The highest BCUT2D eigenvalue weighted by Crippen LogP contribution is 2.20. The molecule has 94 valence electrons. The van der Waals surface area contributed by atoms with Crippen molar-refractivity contribution in [3.8, 4) is 5.69 Å². The number of nitrogens with zero attached hydrogens (tertiary/aromatic N) is 3. The van der Waals surface area contributed by atoms with Gasteiger partial charge in [0.15, 0.2) is 0 Å². The fraction of sp³-hybridized carbons (Fsp3) is 0.250. The van der Waals surface area contributed by atoms with Crippen LogP contribution in [0, 0.1) is 13.8 Å². The van der Waals surface area contributed by atoms with Crippen molar-refractivity contribution in [3.63, 3.8) is 0 Å². The Morgan fingerprint density at radius 2 is 2.17 bits per heavy atom. The van der Waals surface area contributed by atoms with Crippen molar-refractivity contribution >= 4 is 17.6 Å². The van der Waals surface area contributed by atoms with Crippen molar-refractivity contribution in [2.45, 2.75) is 20.3 Å². The second-order valence-electron chi connectivity index (χ2n) is 3.99. The Labute approximate surface area is 109 Å². The maximum Gasteiger partial charge on any atom is 0.311 e. The van der Waals surface area contributed by atoms with E-state index in [0.717, 1.165) is 5.56 Å². The highest BCUT2D eigenvalue weighted by molar-refractivity contribution is 6.31. The Kier molecular flexibility index (Phi) is 3.34. The zero-order valence-electron chi connectivity index (χ0n) is 10.0. The lowest BCUT2D eigenvalue weighted by atomic mass is 10.2. The van der Waals surface area contributed by atoms with E-state index in [0.29, 0.717) is 22.4 Å². The highest BCUT2D eigenvalue weighted by atomic mass is 35.5. The van der Waals surface area contributed by atoms with Crippen molar-refractivity contribution in [2.75, 3.05) is 0 Å². The Morgan fingerprint density at radius 3 is 2.78 bits per heavy atom. The van der Waals surface area contributed by atoms with Crippen LogP contribution in [0.3, 0.4) is 0 Å². The third-order valence-electron chi connectivity index (χ3n) is 2.49. The first-order chi connectivity index (χ1) is 8.47. The van der Waals surface area contributed by atoms with Crippen LogP contribution >= 0.6 is 11.6 Å². The largest absolute Gasteiger partial charge is 0.481 e. The molecule has 0 atom stereocenters. The summed E-state index contributed by atoms with van der Waals surface area (Å²) in [6.07, 6.45) is -0.174. The SMILES string of the molecule is Cc1nc(CC(=O)O)n(-c2ccc(C)c(Cl)c2)n1. The molecule has 0 unspecified atom stereocenters. The number of carboxylic acid groups (broad SMARTS) is 1. The minimum atomic E-state index is -0.943. The number of carbonyl (C=O) groups is 1. The molecule has 0 saturated carbocycles. The summed E-state index contributed by atoms with van der Waals surface area (Å²) in [7, 11) is 0. The van der Waals surface area contributed by atoms with Gasteiger partial charge in [0.2, 0.25) is 0 Å². The zero-order valence-corrected chi connectivity index (χ0v) is 10.8. The predicted octanol–water partition coefficient (Wildman–Crippen LogP) is 2.16. The standard InChI is InChI=1S/C12H12ClN3O2/c1-7-3-4-9(5-10(7)13)16-11(6-12(17)18)14-8(2)15-16/h3-5H,6H2,1-2H3,(H,17,18). The smallest absolute Gasteiger partial charge is 0.311 e. The number of aliphatic carboxylic acids is 1. The van der Waals surface area contributed by atoms with Crippen LogP contribution in [0.1, 0.15) is 17.2 Å². The molecule has 0 saturated heterocycles. The molecule has 0 radical (unpaired) electrons. The molecular formula is C12H12ClN3O2. The van der Waals surface area contributed by atoms with Crippen LogP contribution in [0.25, 0.3) is 5.69 Å². The van der Waals surface area contributed by atoms with Gasteiger partial charge in [0.25, 0.3) is 0 Å². The van der Waals surface area contributed by atoms with Crippen LogP contribution in [0.15, 0.2) is 18.2 Å². The van der Waals surface area contributed by atoms with Crippen LogP contribution in [-0.2, 0) is 11.2 Å². The molecule has 1 aromatic heterocycles. The third-order valence-corrected chi connectivity index (χ3v) is 2.90. The minimum Gasteiger partial charge on any atom is -0.481 e. The van der Waals surface area contributed by atoms with E-state index in [2.05, 4.69) is 10.1 Å². The highest BCUT2D eigenvalue weighted by Gasteiger charge is 2.13. The topological polar surface area (TPSA) is 68.0 Å². The Morgan fingerprint density at radius 1 is 1.44 bits per heavy atom. The van der Waals surface area contributed by atoms with Crippen molar-refractivity contribution in [1.29, 1.82) is 0 Å². The molecule has 0 aliphatic rings. The lowest BCUT2D eigenvalue weighted by Gasteiger charge is -2.06. The molecule has 5 nitrogen and oxygen atoms in total. The number of hydrogen-bond acceptors (Lipinski definition) is 3. The second-order valence-corrected chi connectivity index (χ2v) is 4.40. The van der Waals surface area contributed by atoms with E-state index >= 15 is 0 Å². The van der Waals surface area contributed by atoms with Gasteiger partial charge in [-0.05, 0) is 31.5 Å². The van der Waals surface area contributed by atoms with Crippen LogP contribution in [-0.4, -0.2) is 25.8 Å². The molecule has 0 spiro atoms. The lowest BCUT2D eigenvalue weighted by Crippen LogP contribution is -2.09. The first-order valence-electron chi connectivity index (χ1n) is 5.38. The monoisotopic (exact) mass is 265 g/mol. The fourth-order valence-corrected chi connectivity index (χ4v) is 1.80. The number of aryl methyl sites for hydroxylation is 2. The van der Waals surface area contributed by atoms with Crippen molar-refractivity contribution in [1.82, 2.24) is 14.8 Å². The molecule has 18 heavy (non-hydrogen) atoms. The second kappa shape index (κ2) is 4.78. The van der Waals surface area contributed by atoms with Crippen LogP contribution in [0.5, 0.6) is 0 Å². The van der Waals surface area contributed by atoms with Gasteiger partial charge in [0, 0.05) is 5.02 Å². The molecule has 2 aromatic rings. The summed E-state index contributed by atoms with van der Waals surface area (Å²) in [5, 5.41) is 13.6. The van der Waals surface area contributed by atoms with Gasteiger partial charge >= 0.3 is 5.97 Å². The van der Waals surface area contributed by atoms with E-state index in [4.69, 9.17) is 16.7 Å². The molecule has 1 aromatic carbocycles. The van der Waals surface area contributed by atoms with Crippen molar-refractivity contribution in [2.24, 2.45) is 0 Å². The summed E-state index contributed by atoms with van der Waals surface area (Å²) in [6, 6.07) is 5.44. The molecule has 0 amide bonds. The molecule has 1 heterocycles. The Balaban J connectivity index is 2.49. The van der Waals surface area contributed by atoms with Gasteiger partial charge in [-0.2, -0.15) is 5.10 Å². The first-order valence-corrected chi connectivity index (χ1v) is 5.76. The molecule has 0 aliphatic carbocycles. The van der Waals surface area contributed by atoms with E-state index in [9.17, 15) is 4.79 Å². The summed E-state index contributed by atoms with van der Waals surface area (Å²) < 4.78 is 1.51. The number of halogens is 1. The minimum absolute atomic E-state index is 0.174. The molecule has 0 bridgehead atoms. The molecule has 6 heteroatoms. The van der Waals surface area contributed by atoms with Gasteiger partial charge in [-0.3, -0.25) is 4.79 Å². The molecule has 2 rings (SSSR count). The Bertz CT molecular complexity index is 607. The van der Waals surface area contributed by atoms with E-state index < -0.39 is 5.97 Å². The van der Waals surface area contributed by atoms with Crippen molar-refractivity contribution in [3.05, 3.63) is 40.4 Å². The van der Waals surface area contributed by atoms with Crippen LogP contribution in [0.2, 0.25) is 5.02 Å². The molecule has 0 aliphatic heterocycles. The average molecular weight is 266 g/mol. The number of carboxylic acids is 1. The summed E-state index contributed by atoms with van der Waals surface area (Å²) in [6.45, 7) is 3.62. The normalized spacial score (nSPS) is 10.6. The number of benzene rings is 1. The van der Waals surface area contributed by atoms with E-state index in [1.165, 1.54) is 4.68 Å². The molecular weight excluding hydrogens is 254 g/mol. The molecule has 0 fully saturated rings. The van der Waals surface area contributed by atoms with Crippen molar-refractivity contribution < 1.29 is 9.90 Å². The fourth-order valence-electron chi connectivity index (χ4n) is 1.63. The third kappa shape index (κ3) is 2.51. The van der Waals surface area contributed by atoms with Crippen LogP contribution in [0.4, 0.5) is 0 Å². The van der Waals surface area contributed by atoms with Crippen LogP contribution < -0.4 is 0 Å². The average Bonchev–Trinajstić information content (AvgIpc) is 2.62. The summed E-state index contributed by atoms with van der Waals surface area (Å²) in [4.78, 5) is 14.9. The number of rotatable bonds is 3. The summed E-state index contributed by atoms with van der Waals surface area (Å²) >= 11 is 6.05. The lowest BCUT2D eigenvalue weighted by molar-refractivity contribution is -0.136. The summed E-state index contributed by atoms with van der Waals surface area (Å²) in [5.74, 6) is -0.0234. The van der Waals surface area contributed by atoms with E-state index in [1.807, 2.05) is 19.1 Å². The maximum absolute atomic E-state index is 10.8. The van der Waals surface area contributed by atoms with Gasteiger partial charge in [0.1, 0.15) is 18.1 Å². The quantitative estimate of drug-likeness (QED) is 0.923. The molecule has 1 N–H and O–H groups in total. The van der Waals surface area contributed by atoms with Gasteiger partial charge in [0.05, 0.1) is 5.69 Å². The van der Waals surface area contributed by atoms with Gasteiger partial charge in [-0.25, -0.2) is 9.67 Å². The maximum atomic E-state index is 10.8. The van der Waals surface area contributed by atoms with Gasteiger partial charge in [-0.15, -0.1) is 0 Å². The Hall–Kier alpha value is -1.88. The first kappa shape index (κ1) is 12.6. The zero-order chi connectivity index (χ0) is 13.3. The van der Waals surface area contributed by atoms with Gasteiger partial charge < -0.3 is 5.11 Å².